The van der Waals surface area contributed by atoms with Crippen molar-refractivity contribution in [1.82, 2.24) is 4.98 Å². The van der Waals surface area contributed by atoms with E-state index in [1.165, 1.54) is 11.3 Å². The first-order chi connectivity index (χ1) is 11.6. The van der Waals surface area contributed by atoms with Crippen LogP contribution in [0.1, 0.15) is 15.9 Å². The Labute approximate surface area is 149 Å². The van der Waals surface area contributed by atoms with Crippen LogP contribution in [0.2, 0.25) is 5.02 Å². The van der Waals surface area contributed by atoms with E-state index in [0.29, 0.717) is 15.7 Å². The lowest BCUT2D eigenvalue weighted by Gasteiger charge is -2.04. The summed E-state index contributed by atoms with van der Waals surface area (Å²) in [7, 11) is 1.63. The van der Waals surface area contributed by atoms with Gasteiger partial charge in [0.05, 0.1) is 12.8 Å². The van der Waals surface area contributed by atoms with E-state index in [9.17, 15) is 4.79 Å². The maximum Gasteiger partial charge on any atom is 0.257 e. The van der Waals surface area contributed by atoms with Crippen LogP contribution in [-0.4, -0.2) is 18.0 Å². The Balaban J connectivity index is 1.75. The van der Waals surface area contributed by atoms with Gasteiger partial charge >= 0.3 is 0 Å². The van der Waals surface area contributed by atoms with Crippen LogP contribution in [0.25, 0.3) is 11.3 Å². The zero-order valence-corrected chi connectivity index (χ0v) is 14.7. The molecule has 0 unspecified atom stereocenters. The number of halogens is 1. The third-order valence-electron chi connectivity index (χ3n) is 3.54. The zero-order valence-electron chi connectivity index (χ0n) is 13.2. The molecule has 1 heterocycles. The zero-order chi connectivity index (χ0) is 17.1. The van der Waals surface area contributed by atoms with Crippen LogP contribution in [-0.2, 0) is 0 Å². The Morgan fingerprint density at radius 3 is 2.62 bits per heavy atom. The topological polar surface area (TPSA) is 51.2 Å². The van der Waals surface area contributed by atoms with Gasteiger partial charge in [-0.3, -0.25) is 10.1 Å². The number of hydrogen-bond acceptors (Lipinski definition) is 4. The fourth-order valence-corrected chi connectivity index (χ4v) is 3.02. The standard InChI is InChI=1S/C18H15ClN2O2S/c1-11-3-4-13(9-15(11)19)17(22)21-18-20-16(10-24-18)12-5-7-14(23-2)8-6-12/h3-10H,1-2H3,(H,20,21,22). The minimum atomic E-state index is -0.229. The highest BCUT2D eigenvalue weighted by atomic mass is 35.5. The molecular weight excluding hydrogens is 344 g/mol. The largest absolute Gasteiger partial charge is 0.497 e. The number of amides is 1. The third kappa shape index (κ3) is 3.58. The van der Waals surface area contributed by atoms with Gasteiger partial charge in [0.2, 0.25) is 0 Å². The molecule has 1 amide bonds. The van der Waals surface area contributed by atoms with Gasteiger partial charge in [-0.2, -0.15) is 0 Å². The second-order valence-electron chi connectivity index (χ2n) is 5.18. The molecule has 6 heteroatoms. The van der Waals surface area contributed by atoms with E-state index in [-0.39, 0.29) is 5.91 Å². The lowest BCUT2D eigenvalue weighted by molar-refractivity contribution is 0.102. The summed E-state index contributed by atoms with van der Waals surface area (Å²) in [6.07, 6.45) is 0. The minimum absolute atomic E-state index is 0.229. The summed E-state index contributed by atoms with van der Waals surface area (Å²) in [6.45, 7) is 1.89. The van der Waals surface area contributed by atoms with Gasteiger partial charge in [0.1, 0.15) is 5.75 Å². The monoisotopic (exact) mass is 358 g/mol. The molecule has 0 bridgehead atoms. The van der Waals surface area contributed by atoms with E-state index in [1.54, 1.807) is 19.2 Å². The summed E-state index contributed by atoms with van der Waals surface area (Å²) < 4.78 is 5.14. The van der Waals surface area contributed by atoms with Gasteiger partial charge < -0.3 is 4.74 Å². The molecule has 1 aromatic heterocycles. The molecule has 2 aromatic carbocycles. The maximum atomic E-state index is 12.3. The number of nitrogens with zero attached hydrogens (tertiary/aromatic N) is 1. The van der Waals surface area contributed by atoms with Crippen LogP contribution in [0, 0.1) is 6.92 Å². The highest BCUT2D eigenvalue weighted by Gasteiger charge is 2.11. The van der Waals surface area contributed by atoms with E-state index in [4.69, 9.17) is 16.3 Å². The average Bonchev–Trinajstić information content (AvgIpc) is 3.06. The molecule has 1 N–H and O–H groups in total. The SMILES string of the molecule is COc1ccc(-c2csc(NC(=O)c3ccc(C)c(Cl)c3)n2)cc1. The second-order valence-corrected chi connectivity index (χ2v) is 6.45. The summed E-state index contributed by atoms with van der Waals surface area (Å²) in [4.78, 5) is 16.7. The van der Waals surface area contributed by atoms with E-state index in [1.807, 2.05) is 42.6 Å². The first-order valence-corrected chi connectivity index (χ1v) is 8.50. The summed E-state index contributed by atoms with van der Waals surface area (Å²) in [5, 5.41) is 5.82. The van der Waals surface area contributed by atoms with Crippen molar-refractivity contribution in [3.63, 3.8) is 0 Å². The molecule has 0 radical (unpaired) electrons. The second kappa shape index (κ2) is 7.03. The molecule has 3 aromatic rings. The molecule has 3 rings (SSSR count). The smallest absolute Gasteiger partial charge is 0.257 e. The Bertz CT molecular complexity index is 875. The van der Waals surface area contributed by atoms with Crippen molar-refractivity contribution in [2.75, 3.05) is 12.4 Å². The van der Waals surface area contributed by atoms with Gasteiger partial charge in [-0.1, -0.05) is 17.7 Å². The van der Waals surface area contributed by atoms with E-state index in [2.05, 4.69) is 10.3 Å². The number of anilines is 1. The molecule has 122 valence electrons. The number of rotatable bonds is 4. The molecule has 24 heavy (non-hydrogen) atoms. The Hall–Kier alpha value is -2.37. The quantitative estimate of drug-likeness (QED) is 0.711. The number of hydrogen-bond donors (Lipinski definition) is 1. The van der Waals surface area contributed by atoms with Crippen molar-refractivity contribution >= 4 is 34.0 Å². The van der Waals surface area contributed by atoms with Gasteiger partial charge in [0.25, 0.3) is 5.91 Å². The van der Waals surface area contributed by atoms with Gasteiger partial charge in [-0.05, 0) is 48.9 Å². The normalized spacial score (nSPS) is 10.5. The lowest BCUT2D eigenvalue weighted by Crippen LogP contribution is -2.11. The number of thiazole rings is 1. The number of benzene rings is 2. The Morgan fingerprint density at radius 2 is 1.96 bits per heavy atom. The highest BCUT2D eigenvalue weighted by Crippen LogP contribution is 2.27. The number of nitrogens with one attached hydrogen (secondary N) is 1. The number of carbonyl (C=O) groups excluding carboxylic acids is 1. The van der Waals surface area contributed by atoms with E-state index in [0.717, 1.165) is 22.6 Å². The maximum absolute atomic E-state index is 12.3. The number of methoxy groups -OCH3 is 1. The van der Waals surface area contributed by atoms with Crippen molar-refractivity contribution in [1.29, 1.82) is 0 Å². The molecule has 0 aliphatic carbocycles. The van der Waals surface area contributed by atoms with Crippen LogP contribution in [0.4, 0.5) is 5.13 Å². The van der Waals surface area contributed by atoms with Crippen LogP contribution in [0.15, 0.2) is 47.8 Å². The van der Waals surface area contributed by atoms with Crippen molar-refractivity contribution in [2.24, 2.45) is 0 Å². The molecule has 0 saturated heterocycles. The number of aryl methyl sites for hydroxylation is 1. The van der Waals surface area contributed by atoms with Gasteiger partial charge in [-0.25, -0.2) is 4.98 Å². The summed E-state index contributed by atoms with van der Waals surface area (Å²) in [5.74, 6) is 0.561. The minimum Gasteiger partial charge on any atom is -0.497 e. The molecule has 4 nitrogen and oxygen atoms in total. The number of aromatic nitrogens is 1. The van der Waals surface area contributed by atoms with Crippen molar-refractivity contribution < 1.29 is 9.53 Å². The molecule has 0 spiro atoms. The molecular formula is C18H15ClN2O2S. The summed E-state index contributed by atoms with van der Waals surface area (Å²) in [6, 6.07) is 12.8. The number of carbonyl (C=O) groups is 1. The van der Waals surface area contributed by atoms with Crippen molar-refractivity contribution in [3.8, 4) is 17.0 Å². The fourth-order valence-electron chi connectivity index (χ4n) is 2.13. The van der Waals surface area contributed by atoms with Crippen LogP contribution in [0.5, 0.6) is 5.75 Å². The molecule has 0 aliphatic heterocycles. The lowest BCUT2D eigenvalue weighted by atomic mass is 10.1. The number of ether oxygens (including phenoxy) is 1. The molecule has 0 fully saturated rings. The van der Waals surface area contributed by atoms with Crippen molar-refractivity contribution in [3.05, 3.63) is 64.0 Å². The first-order valence-electron chi connectivity index (χ1n) is 7.24. The Morgan fingerprint density at radius 1 is 1.21 bits per heavy atom. The first kappa shape index (κ1) is 16.5. The average molecular weight is 359 g/mol. The summed E-state index contributed by atoms with van der Waals surface area (Å²) in [5.41, 5.74) is 3.21. The Kier molecular flexibility index (Phi) is 4.83. The van der Waals surface area contributed by atoms with E-state index >= 15 is 0 Å². The molecule has 0 aliphatic rings. The van der Waals surface area contributed by atoms with Crippen molar-refractivity contribution in [2.45, 2.75) is 6.92 Å². The highest BCUT2D eigenvalue weighted by molar-refractivity contribution is 7.14. The van der Waals surface area contributed by atoms with Gasteiger partial charge in [0.15, 0.2) is 5.13 Å². The van der Waals surface area contributed by atoms with Gasteiger partial charge in [-0.15, -0.1) is 11.3 Å². The van der Waals surface area contributed by atoms with E-state index < -0.39 is 0 Å². The third-order valence-corrected chi connectivity index (χ3v) is 4.71. The molecule has 0 atom stereocenters. The molecule has 0 saturated carbocycles. The van der Waals surface area contributed by atoms with Crippen LogP contribution >= 0.6 is 22.9 Å². The van der Waals surface area contributed by atoms with Crippen LogP contribution in [0.3, 0.4) is 0 Å². The predicted molar refractivity (Wildman–Crippen MR) is 98.2 cm³/mol. The fraction of sp³-hybridized carbons (Fsp3) is 0.111. The summed E-state index contributed by atoms with van der Waals surface area (Å²) >= 11 is 7.44. The van der Waals surface area contributed by atoms with Crippen LogP contribution < -0.4 is 10.1 Å². The van der Waals surface area contributed by atoms with Gasteiger partial charge in [0, 0.05) is 21.5 Å². The predicted octanol–water partition coefficient (Wildman–Crippen LogP) is 5.03.